The largest absolute Gasteiger partial charge is 0.271 e. The molecule has 0 saturated carbocycles. The number of aryl methyl sites for hydroxylation is 1. The molecule has 6 heteroatoms. The van der Waals surface area contributed by atoms with Crippen LogP contribution in [0.4, 0.5) is 4.39 Å². The van der Waals surface area contributed by atoms with Gasteiger partial charge in [0, 0.05) is 23.5 Å². The van der Waals surface area contributed by atoms with Gasteiger partial charge in [-0.1, -0.05) is 17.7 Å². The van der Waals surface area contributed by atoms with Crippen LogP contribution in [0.15, 0.2) is 23.6 Å². The Morgan fingerprint density at radius 2 is 2.26 bits per heavy atom. The third-order valence-electron chi connectivity index (χ3n) is 2.79. The molecule has 0 spiro atoms. The molecule has 0 radical (unpaired) electrons. The zero-order valence-electron chi connectivity index (χ0n) is 10.5. The second-order valence-electron chi connectivity index (χ2n) is 4.40. The van der Waals surface area contributed by atoms with Gasteiger partial charge in [-0.05, 0) is 31.0 Å². The van der Waals surface area contributed by atoms with Gasteiger partial charge in [-0.3, -0.25) is 11.3 Å². The highest BCUT2D eigenvalue weighted by Crippen LogP contribution is 2.18. The van der Waals surface area contributed by atoms with Crippen molar-refractivity contribution in [3.8, 4) is 0 Å². The Hall–Kier alpha value is -1.01. The van der Waals surface area contributed by atoms with Gasteiger partial charge < -0.3 is 0 Å². The maximum atomic E-state index is 13.4. The Labute approximate surface area is 120 Å². The summed E-state index contributed by atoms with van der Waals surface area (Å²) in [5.74, 6) is 5.15. The molecule has 3 nitrogen and oxygen atoms in total. The van der Waals surface area contributed by atoms with Crippen molar-refractivity contribution in [2.75, 3.05) is 0 Å². The molecule has 1 aromatic heterocycles. The first-order chi connectivity index (χ1) is 9.08. The summed E-state index contributed by atoms with van der Waals surface area (Å²) in [5, 5.41) is 3.16. The number of nitrogens with one attached hydrogen (secondary N) is 1. The van der Waals surface area contributed by atoms with Crippen molar-refractivity contribution in [1.82, 2.24) is 10.4 Å². The first-order valence-corrected chi connectivity index (χ1v) is 7.15. The number of halogens is 2. The molecule has 0 aliphatic rings. The first-order valence-electron chi connectivity index (χ1n) is 5.89. The molecule has 2 aromatic rings. The fourth-order valence-corrected chi connectivity index (χ4v) is 2.82. The zero-order chi connectivity index (χ0) is 13.8. The highest BCUT2D eigenvalue weighted by Gasteiger charge is 2.12. The molecule has 0 saturated heterocycles. The van der Waals surface area contributed by atoms with E-state index in [1.165, 1.54) is 6.07 Å². The van der Waals surface area contributed by atoms with Gasteiger partial charge in [0.25, 0.3) is 0 Å². The monoisotopic (exact) mass is 299 g/mol. The van der Waals surface area contributed by atoms with Gasteiger partial charge in [-0.25, -0.2) is 9.37 Å². The first kappa shape index (κ1) is 14.4. The Kier molecular flexibility index (Phi) is 4.87. The minimum absolute atomic E-state index is 0.0196. The topological polar surface area (TPSA) is 50.9 Å². The molecule has 0 aliphatic carbocycles. The van der Waals surface area contributed by atoms with Crippen LogP contribution >= 0.6 is 22.9 Å². The molecule has 1 atom stereocenters. The fourth-order valence-electron chi connectivity index (χ4n) is 1.85. The summed E-state index contributed by atoms with van der Waals surface area (Å²) < 4.78 is 13.4. The van der Waals surface area contributed by atoms with Crippen molar-refractivity contribution in [3.05, 3.63) is 50.7 Å². The average molecular weight is 300 g/mol. The predicted octanol–water partition coefficient (Wildman–Crippen LogP) is 2.86. The Bertz CT molecular complexity index is 559. The van der Waals surface area contributed by atoms with Gasteiger partial charge in [-0.2, -0.15) is 0 Å². The van der Waals surface area contributed by atoms with Crippen LogP contribution in [0.5, 0.6) is 0 Å². The van der Waals surface area contributed by atoms with E-state index >= 15 is 0 Å². The number of aromatic nitrogens is 1. The van der Waals surface area contributed by atoms with Crippen molar-refractivity contribution in [2.24, 2.45) is 5.84 Å². The molecule has 102 valence electrons. The van der Waals surface area contributed by atoms with E-state index in [0.29, 0.717) is 6.42 Å². The number of nitrogens with two attached hydrogens (primary N) is 1. The highest BCUT2D eigenvalue weighted by atomic mass is 35.5. The van der Waals surface area contributed by atoms with Gasteiger partial charge >= 0.3 is 0 Å². The van der Waals surface area contributed by atoms with E-state index in [4.69, 9.17) is 17.4 Å². The summed E-state index contributed by atoms with van der Waals surface area (Å²) >= 11 is 7.27. The lowest BCUT2D eigenvalue weighted by atomic mass is 10.0. The summed E-state index contributed by atoms with van der Waals surface area (Å²) in [4.78, 5) is 4.40. The van der Waals surface area contributed by atoms with Crippen LogP contribution in [0.3, 0.4) is 0 Å². The number of nitrogens with zero attached hydrogens (tertiary/aromatic N) is 1. The van der Waals surface area contributed by atoms with Crippen molar-refractivity contribution >= 4 is 22.9 Å². The summed E-state index contributed by atoms with van der Waals surface area (Å²) in [6.45, 7) is 1.96. The molecule has 0 fully saturated rings. The zero-order valence-corrected chi connectivity index (χ0v) is 12.1. The van der Waals surface area contributed by atoms with Gasteiger partial charge in [0.05, 0.1) is 10.0 Å². The van der Waals surface area contributed by atoms with E-state index in [1.807, 2.05) is 18.4 Å². The van der Waals surface area contributed by atoms with Crippen LogP contribution in [0.25, 0.3) is 0 Å². The second-order valence-corrected chi connectivity index (χ2v) is 5.75. The number of thiazole rings is 1. The predicted molar refractivity (Wildman–Crippen MR) is 76.8 cm³/mol. The number of hydrazine groups is 1. The molecular weight excluding hydrogens is 285 g/mol. The van der Waals surface area contributed by atoms with Crippen molar-refractivity contribution < 1.29 is 4.39 Å². The lowest BCUT2D eigenvalue weighted by Gasteiger charge is -2.14. The van der Waals surface area contributed by atoms with Crippen LogP contribution in [-0.4, -0.2) is 11.0 Å². The van der Waals surface area contributed by atoms with Crippen LogP contribution < -0.4 is 11.3 Å². The maximum absolute atomic E-state index is 13.4. The summed E-state index contributed by atoms with van der Waals surface area (Å²) in [7, 11) is 0. The van der Waals surface area contributed by atoms with Crippen molar-refractivity contribution in [2.45, 2.75) is 25.8 Å². The van der Waals surface area contributed by atoms with Gasteiger partial charge in [0.2, 0.25) is 0 Å². The molecule has 1 unspecified atom stereocenters. The third kappa shape index (κ3) is 3.98. The third-order valence-corrected chi connectivity index (χ3v) is 4.08. The van der Waals surface area contributed by atoms with Crippen molar-refractivity contribution in [3.63, 3.8) is 0 Å². The quantitative estimate of drug-likeness (QED) is 0.659. The smallest absolute Gasteiger partial charge is 0.142 e. The molecule has 0 bridgehead atoms. The standard InChI is InChI=1S/C13H15ClFN3S/c1-8-7-19-13(17-8)6-10(18-16)4-9-2-3-11(14)12(15)5-9/h2-3,5,7,10,18H,4,6,16H2,1H3. The Morgan fingerprint density at radius 1 is 1.47 bits per heavy atom. The molecule has 1 heterocycles. The number of rotatable bonds is 5. The highest BCUT2D eigenvalue weighted by molar-refractivity contribution is 7.09. The van der Waals surface area contributed by atoms with Crippen LogP contribution in [-0.2, 0) is 12.8 Å². The number of hydrogen-bond acceptors (Lipinski definition) is 4. The van der Waals surface area contributed by atoms with E-state index in [-0.39, 0.29) is 11.1 Å². The molecule has 19 heavy (non-hydrogen) atoms. The summed E-state index contributed by atoms with van der Waals surface area (Å²) in [5.41, 5.74) is 4.62. The average Bonchev–Trinajstić information content (AvgIpc) is 2.78. The van der Waals surface area contributed by atoms with Crippen LogP contribution in [0.1, 0.15) is 16.3 Å². The summed E-state index contributed by atoms with van der Waals surface area (Å²) in [6, 6.07) is 4.84. The van der Waals surface area contributed by atoms with E-state index in [0.717, 1.165) is 22.7 Å². The molecule has 3 N–H and O–H groups in total. The lowest BCUT2D eigenvalue weighted by Crippen LogP contribution is -2.38. The fraction of sp³-hybridized carbons (Fsp3) is 0.308. The SMILES string of the molecule is Cc1csc(CC(Cc2ccc(Cl)c(F)c2)NN)n1. The maximum Gasteiger partial charge on any atom is 0.142 e. The van der Waals surface area contributed by atoms with E-state index in [1.54, 1.807) is 17.4 Å². The summed E-state index contributed by atoms with van der Waals surface area (Å²) in [6.07, 6.45) is 1.35. The van der Waals surface area contributed by atoms with Gasteiger partial charge in [0.15, 0.2) is 0 Å². The van der Waals surface area contributed by atoms with E-state index < -0.39 is 5.82 Å². The molecule has 0 amide bonds. The number of hydrogen-bond donors (Lipinski definition) is 2. The van der Waals surface area contributed by atoms with E-state index in [2.05, 4.69) is 10.4 Å². The minimum Gasteiger partial charge on any atom is -0.271 e. The van der Waals surface area contributed by atoms with E-state index in [9.17, 15) is 4.39 Å². The Morgan fingerprint density at radius 3 is 2.84 bits per heavy atom. The molecule has 1 aromatic carbocycles. The second kappa shape index (κ2) is 6.43. The molecular formula is C13H15ClFN3S. The minimum atomic E-state index is -0.403. The van der Waals surface area contributed by atoms with Gasteiger partial charge in [-0.15, -0.1) is 11.3 Å². The molecule has 0 aliphatic heterocycles. The van der Waals surface area contributed by atoms with Gasteiger partial charge in [0.1, 0.15) is 5.82 Å². The lowest BCUT2D eigenvalue weighted by molar-refractivity contribution is 0.519. The normalized spacial score (nSPS) is 12.6. The Balaban J connectivity index is 2.04. The number of benzene rings is 1. The van der Waals surface area contributed by atoms with Crippen molar-refractivity contribution in [1.29, 1.82) is 0 Å². The van der Waals surface area contributed by atoms with Crippen LogP contribution in [0, 0.1) is 12.7 Å². The molecule has 2 rings (SSSR count). The van der Waals surface area contributed by atoms with Crippen LogP contribution in [0.2, 0.25) is 5.02 Å².